The number of aliphatic hydroxyl groups is 1. The van der Waals surface area contributed by atoms with Gasteiger partial charge in [0.25, 0.3) is 0 Å². The van der Waals surface area contributed by atoms with Crippen molar-refractivity contribution in [1.82, 2.24) is 0 Å². The molecular formula is C19H26O2. The number of benzene rings is 1. The zero-order chi connectivity index (χ0) is 15.6. The molecular weight excluding hydrogens is 260 g/mol. The number of hydrogen-bond acceptors (Lipinski definition) is 2. The Morgan fingerprint density at radius 1 is 1.38 bits per heavy atom. The predicted octanol–water partition coefficient (Wildman–Crippen LogP) is 4.51. The van der Waals surface area contributed by atoms with E-state index in [0.717, 1.165) is 35.3 Å². The van der Waals surface area contributed by atoms with Crippen LogP contribution in [0.1, 0.15) is 49.3 Å². The maximum Gasteiger partial charge on any atom is 0.123 e. The molecule has 0 saturated heterocycles. The van der Waals surface area contributed by atoms with E-state index in [1.165, 1.54) is 11.1 Å². The summed E-state index contributed by atoms with van der Waals surface area (Å²) in [6.07, 6.45) is 4.57. The molecule has 2 heteroatoms. The molecule has 1 aliphatic rings. The molecule has 1 N–H and O–H groups in total. The average Bonchev–Trinajstić information content (AvgIpc) is 2.45. The van der Waals surface area contributed by atoms with Gasteiger partial charge in [-0.05, 0) is 56.7 Å². The number of methoxy groups -OCH3 is 1. The van der Waals surface area contributed by atoms with Gasteiger partial charge in [-0.15, -0.1) is 0 Å². The number of ether oxygens (including phenoxy) is 1. The Balaban J connectivity index is 2.61. The topological polar surface area (TPSA) is 29.5 Å². The van der Waals surface area contributed by atoms with Crippen molar-refractivity contribution < 1.29 is 9.84 Å². The lowest BCUT2D eigenvalue weighted by atomic mass is 9.73. The van der Waals surface area contributed by atoms with Crippen LogP contribution in [0.5, 0.6) is 5.75 Å². The second-order valence-corrected chi connectivity index (χ2v) is 6.23. The van der Waals surface area contributed by atoms with E-state index >= 15 is 0 Å². The summed E-state index contributed by atoms with van der Waals surface area (Å²) in [6, 6.07) is 4.12. The van der Waals surface area contributed by atoms with E-state index in [2.05, 4.69) is 38.6 Å². The molecule has 0 spiro atoms. The van der Waals surface area contributed by atoms with Crippen LogP contribution in [0, 0.1) is 12.8 Å². The summed E-state index contributed by atoms with van der Waals surface area (Å²) in [7, 11) is 1.70. The van der Waals surface area contributed by atoms with Crippen LogP contribution in [-0.2, 0) is 6.61 Å². The summed E-state index contributed by atoms with van der Waals surface area (Å²) in [4.78, 5) is 0. The van der Waals surface area contributed by atoms with Crippen molar-refractivity contribution in [3.05, 3.63) is 52.6 Å². The van der Waals surface area contributed by atoms with Crippen molar-refractivity contribution in [2.24, 2.45) is 5.92 Å². The number of aryl methyl sites for hydroxylation is 1. The van der Waals surface area contributed by atoms with E-state index < -0.39 is 0 Å². The molecule has 1 aromatic carbocycles. The molecule has 1 aromatic rings. The van der Waals surface area contributed by atoms with Gasteiger partial charge in [-0.25, -0.2) is 0 Å². The van der Waals surface area contributed by atoms with Crippen molar-refractivity contribution in [2.45, 2.75) is 46.1 Å². The highest BCUT2D eigenvalue weighted by Gasteiger charge is 2.29. The molecule has 0 aliphatic heterocycles. The van der Waals surface area contributed by atoms with Crippen LogP contribution >= 0.6 is 0 Å². The Kier molecular flexibility index (Phi) is 4.89. The summed E-state index contributed by atoms with van der Waals surface area (Å²) < 4.78 is 5.62. The fraction of sp³-hybridized carbons (Fsp3) is 0.474. The molecule has 0 saturated carbocycles. The SMILES string of the molecule is C=C(C)[C@@H]1CCC(C)=CC1c1c(CO)cc(C)cc1OC. The van der Waals surface area contributed by atoms with Gasteiger partial charge in [0.2, 0.25) is 0 Å². The van der Waals surface area contributed by atoms with Gasteiger partial charge < -0.3 is 9.84 Å². The first-order valence-electron chi connectivity index (χ1n) is 7.58. The highest BCUT2D eigenvalue weighted by Crippen LogP contribution is 2.44. The van der Waals surface area contributed by atoms with Crippen LogP contribution in [-0.4, -0.2) is 12.2 Å². The van der Waals surface area contributed by atoms with Crippen molar-refractivity contribution in [3.8, 4) is 5.75 Å². The Bertz CT molecular complexity index is 544. The van der Waals surface area contributed by atoms with Gasteiger partial charge in [-0.3, -0.25) is 0 Å². The standard InChI is InChI=1S/C19H26O2/c1-12(2)16-7-6-13(3)9-17(16)19-15(11-20)8-14(4)10-18(19)21-5/h8-10,16-17,20H,1,6-7,11H2,2-5H3/t16-,17?/m0/s1. The van der Waals surface area contributed by atoms with Crippen LogP contribution in [0.25, 0.3) is 0 Å². The molecule has 2 atom stereocenters. The third-order valence-electron chi connectivity index (χ3n) is 4.48. The maximum absolute atomic E-state index is 9.79. The number of hydrogen-bond donors (Lipinski definition) is 1. The summed E-state index contributed by atoms with van der Waals surface area (Å²) >= 11 is 0. The third-order valence-corrected chi connectivity index (χ3v) is 4.48. The Labute approximate surface area is 128 Å². The summed E-state index contributed by atoms with van der Waals surface area (Å²) in [6.45, 7) is 10.5. The van der Waals surface area contributed by atoms with E-state index in [1.807, 2.05) is 6.92 Å². The second-order valence-electron chi connectivity index (χ2n) is 6.23. The van der Waals surface area contributed by atoms with E-state index in [4.69, 9.17) is 4.74 Å². The van der Waals surface area contributed by atoms with Crippen molar-refractivity contribution in [2.75, 3.05) is 7.11 Å². The van der Waals surface area contributed by atoms with Crippen LogP contribution < -0.4 is 4.74 Å². The fourth-order valence-corrected chi connectivity index (χ4v) is 3.42. The van der Waals surface area contributed by atoms with E-state index in [9.17, 15) is 5.11 Å². The molecule has 0 aromatic heterocycles. The molecule has 114 valence electrons. The van der Waals surface area contributed by atoms with Gasteiger partial charge in [0.05, 0.1) is 13.7 Å². The van der Waals surface area contributed by atoms with Crippen LogP contribution in [0.2, 0.25) is 0 Å². The lowest BCUT2D eigenvalue weighted by molar-refractivity contribution is 0.277. The first-order chi connectivity index (χ1) is 9.97. The molecule has 1 aliphatic carbocycles. The lowest BCUT2D eigenvalue weighted by Crippen LogP contribution is -2.19. The van der Waals surface area contributed by atoms with Crippen LogP contribution in [0.4, 0.5) is 0 Å². The van der Waals surface area contributed by atoms with Gasteiger partial charge in [-0.1, -0.05) is 29.9 Å². The Hall–Kier alpha value is -1.54. The van der Waals surface area contributed by atoms with Crippen molar-refractivity contribution in [3.63, 3.8) is 0 Å². The fourth-order valence-electron chi connectivity index (χ4n) is 3.42. The molecule has 2 rings (SSSR count). The summed E-state index contributed by atoms with van der Waals surface area (Å²) in [5.74, 6) is 1.53. The van der Waals surface area contributed by atoms with E-state index in [0.29, 0.717) is 5.92 Å². The molecule has 1 unspecified atom stereocenters. The van der Waals surface area contributed by atoms with Gasteiger partial charge in [0, 0.05) is 11.5 Å². The third kappa shape index (κ3) is 3.21. The monoisotopic (exact) mass is 286 g/mol. The van der Waals surface area contributed by atoms with Crippen molar-refractivity contribution >= 4 is 0 Å². The van der Waals surface area contributed by atoms with E-state index in [-0.39, 0.29) is 12.5 Å². The highest BCUT2D eigenvalue weighted by atomic mass is 16.5. The highest BCUT2D eigenvalue weighted by molar-refractivity contribution is 5.49. The first kappa shape index (κ1) is 15.8. The van der Waals surface area contributed by atoms with Crippen molar-refractivity contribution in [1.29, 1.82) is 0 Å². The van der Waals surface area contributed by atoms with Gasteiger partial charge >= 0.3 is 0 Å². The molecule has 2 nitrogen and oxygen atoms in total. The maximum atomic E-state index is 9.79. The van der Waals surface area contributed by atoms with E-state index in [1.54, 1.807) is 7.11 Å². The Morgan fingerprint density at radius 2 is 2.10 bits per heavy atom. The minimum absolute atomic E-state index is 0.0413. The smallest absolute Gasteiger partial charge is 0.123 e. The molecule has 0 heterocycles. The van der Waals surface area contributed by atoms with Gasteiger partial charge in [0.1, 0.15) is 5.75 Å². The van der Waals surface area contributed by atoms with Crippen LogP contribution in [0.3, 0.4) is 0 Å². The van der Waals surface area contributed by atoms with Gasteiger partial charge in [0.15, 0.2) is 0 Å². The number of rotatable bonds is 4. The molecule has 0 bridgehead atoms. The predicted molar refractivity (Wildman–Crippen MR) is 87.7 cm³/mol. The van der Waals surface area contributed by atoms with Crippen LogP contribution in [0.15, 0.2) is 35.9 Å². The lowest BCUT2D eigenvalue weighted by Gasteiger charge is -2.32. The average molecular weight is 286 g/mol. The zero-order valence-corrected chi connectivity index (χ0v) is 13.6. The molecule has 0 amide bonds. The number of aliphatic hydroxyl groups excluding tert-OH is 1. The Morgan fingerprint density at radius 3 is 2.67 bits per heavy atom. The second kappa shape index (κ2) is 6.48. The van der Waals surface area contributed by atoms with Gasteiger partial charge in [-0.2, -0.15) is 0 Å². The zero-order valence-electron chi connectivity index (χ0n) is 13.6. The molecule has 0 radical (unpaired) electrons. The minimum atomic E-state index is 0.0413. The molecule has 0 fully saturated rings. The summed E-state index contributed by atoms with van der Waals surface area (Å²) in [5.41, 5.74) is 5.81. The summed E-state index contributed by atoms with van der Waals surface area (Å²) in [5, 5.41) is 9.79. The minimum Gasteiger partial charge on any atom is -0.496 e. The number of allylic oxidation sites excluding steroid dienone is 3. The largest absolute Gasteiger partial charge is 0.496 e. The first-order valence-corrected chi connectivity index (χ1v) is 7.58. The molecule has 21 heavy (non-hydrogen) atoms. The normalized spacial score (nSPS) is 21.9. The quantitative estimate of drug-likeness (QED) is 0.825.